The molecule has 4 aromatic heterocycles. The van der Waals surface area contributed by atoms with Crippen LogP contribution in [-0.4, -0.2) is 69.7 Å². The number of Topliss-reactive ketones (excluding diaryl/α,β-unsaturated/α-hetero) is 1. The van der Waals surface area contributed by atoms with Crippen LogP contribution < -0.4 is 5.32 Å². The SMILES string of the molecule is CC(=O)c1cn(CC(=O)N2[C@H](C(=O)Nc3ccn(CC(F)(F)F)n3)C[C@@]3(C)C[C@@H]23)c2c(C)cc(-c3cnc4cc(C)nn4c3)cc12. The molecule has 2 amide bonds. The Kier molecular flexibility index (Phi) is 6.62. The predicted octanol–water partition coefficient (Wildman–Crippen LogP) is 4.95. The lowest BCUT2D eigenvalue weighted by Crippen LogP contribution is -2.46. The number of likely N-dealkylation sites (tertiary alicyclic amines) is 1. The molecule has 0 bridgehead atoms. The number of halogens is 3. The van der Waals surface area contributed by atoms with Crippen molar-refractivity contribution in [3.8, 4) is 11.1 Å². The molecule has 0 unspecified atom stereocenters. The Morgan fingerprint density at radius 1 is 1.07 bits per heavy atom. The van der Waals surface area contributed by atoms with Crippen LogP contribution >= 0.6 is 0 Å². The lowest BCUT2D eigenvalue weighted by atomic mass is 10.0. The summed E-state index contributed by atoms with van der Waals surface area (Å²) in [6, 6.07) is 6.14. The fourth-order valence-electron chi connectivity index (χ4n) is 6.87. The third-order valence-corrected chi connectivity index (χ3v) is 9.08. The second-order valence-corrected chi connectivity index (χ2v) is 12.7. The summed E-state index contributed by atoms with van der Waals surface area (Å²) in [5.41, 5.74) is 5.08. The fourth-order valence-corrected chi connectivity index (χ4v) is 6.87. The molecular weight excluding hydrogens is 601 g/mol. The quantitative estimate of drug-likeness (QED) is 0.254. The topological polar surface area (TPSA) is 119 Å². The van der Waals surface area contributed by atoms with E-state index >= 15 is 0 Å². The number of nitrogens with one attached hydrogen (secondary N) is 1. The van der Waals surface area contributed by atoms with Gasteiger partial charge >= 0.3 is 6.18 Å². The Hall–Kier alpha value is -5.01. The molecule has 5 heterocycles. The predicted molar refractivity (Wildman–Crippen MR) is 162 cm³/mol. The van der Waals surface area contributed by atoms with Gasteiger partial charge < -0.3 is 14.8 Å². The van der Waals surface area contributed by atoms with E-state index in [1.54, 1.807) is 26.4 Å². The second-order valence-electron chi connectivity index (χ2n) is 12.7. The van der Waals surface area contributed by atoms with Crippen LogP contribution in [0, 0.1) is 19.3 Å². The van der Waals surface area contributed by atoms with Gasteiger partial charge in [0.15, 0.2) is 17.2 Å². The van der Waals surface area contributed by atoms with E-state index in [4.69, 9.17) is 0 Å². The van der Waals surface area contributed by atoms with Crippen molar-refractivity contribution in [2.75, 3.05) is 5.32 Å². The highest BCUT2D eigenvalue weighted by molar-refractivity contribution is 6.09. The highest BCUT2D eigenvalue weighted by Crippen LogP contribution is 2.59. The van der Waals surface area contributed by atoms with Gasteiger partial charge in [0.05, 0.1) is 11.2 Å². The van der Waals surface area contributed by atoms with Crippen LogP contribution in [0.5, 0.6) is 0 Å². The van der Waals surface area contributed by atoms with Crippen molar-refractivity contribution in [3.05, 3.63) is 65.9 Å². The average Bonchev–Trinajstić information content (AvgIpc) is 3.40. The van der Waals surface area contributed by atoms with Gasteiger partial charge in [-0.25, -0.2) is 9.50 Å². The molecule has 14 heteroatoms. The van der Waals surface area contributed by atoms with Crippen molar-refractivity contribution in [1.82, 2.24) is 33.8 Å². The van der Waals surface area contributed by atoms with Crippen molar-refractivity contribution in [2.24, 2.45) is 5.41 Å². The maximum absolute atomic E-state index is 13.9. The molecule has 2 aliphatic rings. The normalized spacial score (nSPS) is 20.8. The average molecular weight is 633 g/mol. The lowest BCUT2D eigenvalue weighted by Gasteiger charge is -2.27. The van der Waals surface area contributed by atoms with E-state index in [1.807, 2.05) is 45.2 Å². The molecule has 46 heavy (non-hydrogen) atoms. The number of benzene rings is 1. The van der Waals surface area contributed by atoms with Crippen LogP contribution in [0.2, 0.25) is 0 Å². The standard InChI is InChI=1S/C32H31F3N8O3/c1-17-7-20(21-12-36-27-8-18(2)38-42(27)13-21)9-22-23(19(3)44)14-40(29(17)22)15-28(45)43-24(10-31(4)11-25(31)43)30(46)37-26-5-6-41(39-26)16-32(33,34)35/h5-9,12-14,24-25H,10-11,15-16H2,1-4H3,(H,37,39,46)/t24-,25+,31-/m0/s1. The van der Waals surface area contributed by atoms with Crippen molar-refractivity contribution in [1.29, 1.82) is 0 Å². The first-order valence-corrected chi connectivity index (χ1v) is 14.9. The third-order valence-electron chi connectivity index (χ3n) is 9.08. The summed E-state index contributed by atoms with van der Waals surface area (Å²) in [5, 5.41) is 11.6. The van der Waals surface area contributed by atoms with Gasteiger partial charge in [-0.1, -0.05) is 6.92 Å². The van der Waals surface area contributed by atoms with Crippen LogP contribution in [0.25, 0.3) is 27.7 Å². The number of fused-ring (bicyclic) bond motifs is 3. The lowest BCUT2D eigenvalue weighted by molar-refractivity contribution is -0.142. The Balaban J connectivity index is 1.17. The van der Waals surface area contributed by atoms with Crippen LogP contribution in [0.4, 0.5) is 19.0 Å². The number of amides is 2. The van der Waals surface area contributed by atoms with Gasteiger partial charge in [0.2, 0.25) is 11.8 Å². The largest absolute Gasteiger partial charge is 0.408 e. The van der Waals surface area contributed by atoms with Crippen molar-refractivity contribution >= 4 is 40.0 Å². The summed E-state index contributed by atoms with van der Waals surface area (Å²) in [6.45, 7) is 5.94. The van der Waals surface area contributed by atoms with E-state index in [9.17, 15) is 27.6 Å². The molecule has 0 spiro atoms. The maximum atomic E-state index is 13.9. The first-order chi connectivity index (χ1) is 21.7. The van der Waals surface area contributed by atoms with Gasteiger partial charge in [-0.15, -0.1) is 0 Å². The summed E-state index contributed by atoms with van der Waals surface area (Å²) in [4.78, 5) is 46.2. The zero-order chi connectivity index (χ0) is 32.7. The molecule has 1 aromatic carbocycles. The number of aromatic nitrogens is 6. The number of ketones is 1. The van der Waals surface area contributed by atoms with Crippen molar-refractivity contribution in [3.63, 3.8) is 0 Å². The van der Waals surface area contributed by atoms with Gasteiger partial charge in [0.1, 0.15) is 19.1 Å². The number of anilines is 1. The number of carbonyl (C=O) groups excluding carboxylic acids is 3. The monoisotopic (exact) mass is 632 g/mol. The molecule has 0 radical (unpaired) electrons. The van der Waals surface area contributed by atoms with E-state index in [0.717, 1.165) is 46.2 Å². The highest BCUT2D eigenvalue weighted by Gasteiger charge is 2.64. The second kappa shape index (κ2) is 10.3. The first kappa shape index (κ1) is 29.7. The van der Waals surface area contributed by atoms with E-state index in [0.29, 0.717) is 22.1 Å². The van der Waals surface area contributed by atoms with Crippen molar-refractivity contribution < 1.29 is 27.6 Å². The molecule has 238 valence electrons. The van der Waals surface area contributed by atoms with Gasteiger partial charge in [-0.3, -0.25) is 19.1 Å². The summed E-state index contributed by atoms with van der Waals surface area (Å²) in [5.74, 6) is -0.951. The molecule has 7 rings (SSSR count). The molecular formula is C32H31F3N8O3. The minimum atomic E-state index is -4.45. The Morgan fingerprint density at radius 3 is 2.59 bits per heavy atom. The van der Waals surface area contributed by atoms with Crippen LogP contribution in [0.3, 0.4) is 0 Å². The Morgan fingerprint density at radius 2 is 1.85 bits per heavy atom. The molecule has 5 aromatic rings. The van der Waals surface area contributed by atoms with Gasteiger partial charge in [-0.05, 0) is 62.3 Å². The summed E-state index contributed by atoms with van der Waals surface area (Å²) >= 11 is 0. The molecule has 1 aliphatic carbocycles. The third kappa shape index (κ3) is 5.20. The van der Waals surface area contributed by atoms with Gasteiger partial charge in [0.25, 0.3) is 0 Å². The zero-order valence-electron chi connectivity index (χ0n) is 25.6. The number of carbonyl (C=O) groups is 3. The van der Waals surface area contributed by atoms with E-state index < -0.39 is 24.7 Å². The molecule has 2 fully saturated rings. The molecule has 1 N–H and O–H groups in total. The Bertz CT molecular complexity index is 2080. The van der Waals surface area contributed by atoms with Gasteiger partial charge in [0, 0.05) is 59.5 Å². The molecule has 1 aliphatic heterocycles. The van der Waals surface area contributed by atoms with Crippen LogP contribution in [-0.2, 0) is 22.7 Å². The molecule has 1 saturated carbocycles. The molecule has 1 saturated heterocycles. The van der Waals surface area contributed by atoms with Crippen LogP contribution in [0.1, 0.15) is 48.3 Å². The van der Waals surface area contributed by atoms with E-state index in [2.05, 4.69) is 20.5 Å². The van der Waals surface area contributed by atoms with Crippen molar-refractivity contribution in [2.45, 2.75) is 71.9 Å². The summed E-state index contributed by atoms with van der Waals surface area (Å²) in [7, 11) is 0. The summed E-state index contributed by atoms with van der Waals surface area (Å²) in [6.07, 6.45) is 3.21. The Labute approximate surface area is 261 Å². The fraction of sp³-hybridized carbons (Fsp3) is 0.375. The maximum Gasteiger partial charge on any atom is 0.408 e. The smallest absolute Gasteiger partial charge is 0.337 e. The summed E-state index contributed by atoms with van der Waals surface area (Å²) < 4.78 is 42.5. The minimum Gasteiger partial charge on any atom is -0.337 e. The zero-order valence-corrected chi connectivity index (χ0v) is 25.6. The number of alkyl halides is 3. The molecule has 11 nitrogen and oxygen atoms in total. The highest BCUT2D eigenvalue weighted by atomic mass is 19.4. The number of aryl methyl sites for hydroxylation is 2. The number of rotatable bonds is 7. The van der Waals surface area contributed by atoms with Gasteiger partial charge in [-0.2, -0.15) is 23.4 Å². The number of nitrogens with zero attached hydrogens (tertiary/aromatic N) is 7. The number of piperidine rings is 1. The first-order valence-electron chi connectivity index (χ1n) is 14.9. The molecule has 3 atom stereocenters. The van der Waals surface area contributed by atoms with E-state index in [-0.39, 0.29) is 35.5 Å². The van der Waals surface area contributed by atoms with Crippen LogP contribution in [0.15, 0.2) is 49.1 Å². The number of hydrogen-bond donors (Lipinski definition) is 1. The number of hydrogen-bond acceptors (Lipinski definition) is 6. The van der Waals surface area contributed by atoms with E-state index in [1.165, 1.54) is 13.0 Å². The minimum absolute atomic E-state index is 0.0154.